The minimum absolute atomic E-state index is 0.101. The Balaban J connectivity index is 1.75. The maximum atomic E-state index is 12.0. The molecule has 0 saturated heterocycles. The van der Waals surface area contributed by atoms with Crippen molar-refractivity contribution in [3.63, 3.8) is 0 Å². The van der Waals surface area contributed by atoms with Crippen LogP contribution >= 0.6 is 0 Å². The fourth-order valence-corrected chi connectivity index (χ4v) is 1.86. The molecule has 0 spiro atoms. The molecule has 0 aliphatic carbocycles. The number of benzene rings is 2. The predicted octanol–water partition coefficient (Wildman–Crippen LogP) is 1.79. The van der Waals surface area contributed by atoms with Crippen LogP contribution in [0.15, 0.2) is 54.9 Å². The molecule has 0 radical (unpaired) electrons. The Bertz CT molecular complexity index is 846. The molecule has 3 aromatic rings. The van der Waals surface area contributed by atoms with Crippen LogP contribution in [0, 0.1) is 10.1 Å². The Morgan fingerprint density at radius 2 is 1.96 bits per heavy atom. The van der Waals surface area contributed by atoms with E-state index in [2.05, 4.69) is 15.5 Å². The van der Waals surface area contributed by atoms with Gasteiger partial charge in [-0.15, -0.1) is 5.10 Å². The second-order valence-corrected chi connectivity index (χ2v) is 4.45. The minimum atomic E-state index is -0.677. The summed E-state index contributed by atoms with van der Waals surface area (Å²) in [4.78, 5) is 22.2. The van der Waals surface area contributed by atoms with Crippen molar-refractivity contribution in [2.45, 2.75) is 0 Å². The highest BCUT2D eigenvalue weighted by molar-refractivity contribution is 5.91. The molecule has 0 amide bonds. The van der Waals surface area contributed by atoms with Crippen molar-refractivity contribution in [2.24, 2.45) is 0 Å². The summed E-state index contributed by atoms with van der Waals surface area (Å²) in [5.74, 6) is -0.373. The van der Waals surface area contributed by atoms with E-state index >= 15 is 0 Å². The molecule has 0 N–H and O–H groups in total. The maximum absolute atomic E-state index is 12.0. The van der Waals surface area contributed by atoms with Gasteiger partial charge in [0.25, 0.3) is 5.69 Å². The van der Waals surface area contributed by atoms with E-state index in [9.17, 15) is 14.9 Å². The number of carbonyl (C=O) groups is 1. The van der Waals surface area contributed by atoms with Crippen molar-refractivity contribution in [1.82, 2.24) is 20.2 Å². The van der Waals surface area contributed by atoms with Crippen LogP contribution in [0.3, 0.4) is 0 Å². The maximum Gasteiger partial charge on any atom is 0.343 e. The average Bonchev–Trinajstić information content (AvgIpc) is 3.10. The van der Waals surface area contributed by atoms with Crippen molar-refractivity contribution in [3.05, 3.63) is 70.5 Å². The highest BCUT2D eigenvalue weighted by Gasteiger charge is 2.13. The van der Waals surface area contributed by atoms with E-state index < -0.39 is 10.9 Å². The molecule has 9 heteroatoms. The fourth-order valence-electron chi connectivity index (χ4n) is 1.86. The van der Waals surface area contributed by atoms with Crippen LogP contribution < -0.4 is 4.74 Å². The third-order valence-corrected chi connectivity index (χ3v) is 2.95. The van der Waals surface area contributed by atoms with Gasteiger partial charge in [0, 0.05) is 12.1 Å². The molecule has 114 valence electrons. The second kappa shape index (κ2) is 6.02. The molecule has 0 fully saturated rings. The van der Waals surface area contributed by atoms with Crippen LogP contribution in [-0.2, 0) is 0 Å². The third-order valence-electron chi connectivity index (χ3n) is 2.95. The molecule has 23 heavy (non-hydrogen) atoms. The highest BCUT2D eigenvalue weighted by Crippen LogP contribution is 2.18. The molecule has 0 saturated carbocycles. The van der Waals surface area contributed by atoms with Crippen molar-refractivity contribution in [2.75, 3.05) is 0 Å². The Labute approximate surface area is 129 Å². The Kier molecular flexibility index (Phi) is 3.75. The molecule has 0 atom stereocenters. The quantitative estimate of drug-likeness (QED) is 0.312. The van der Waals surface area contributed by atoms with Gasteiger partial charge in [0.1, 0.15) is 12.1 Å². The summed E-state index contributed by atoms with van der Waals surface area (Å²) in [6.45, 7) is 0. The summed E-state index contributed by atoms with van der Waals surface area (Å²) in [6, 6.07) is 11.8. The number of hydrogen-bond donors (Lipinski definition) is 0. The molecular weight excluding hydrogens is 302 g/mol. The number of aromatic nitrogens is 4. The smallest absolute Gasteiger partial charge is 0.343 e. The largest absolute Gasteiger partial charge is 0.423 e. The normalized spacial score (nSPS) is 10.3. The first kappa shape index (κ1) is 14.3. The molecule has 0 bridgehead atoms. The summed E-state index contributed by atoms with van der Waals surface area (Å²) in [5.41, 5.74) is 0.627. The van der Waals surface area contributed by atoms with E-state index in [1.54, 1.807) is 24.3 Å². The third kappa shape index (κ3) is 3.18. The number of tetrazole rings is 1. The van der Waals surface area contributed by atoms with Gasteiger partial charge in [0.2, 0.25) is 0 Å². The average molecular weight is 311 g/mol. The number of hydrogen-bond acceptors (Lipinski definition) is 7. The zero-order valence-electron chi connectivity index (χ0n) is 11.6. The van der Waals surface area contributed by atoms with Gasteiger partial charge in [0.15, 0.2) is 0 Å². The summed E-state index contributed by atoms with van der Waals surface area (Å²) < 4.78 is 6.64. The van der Waals surface area contributed by atoms with Crippen molar-refractivity contribution in [3.8, 4) is 11.4 Å². The van der Waals surface area contributed by atoms with E-state index in [4.69, 9.17) is 4.74 Å². The van der Waals surface area contributed by atoms with E-state index in [-0.39, 0.29) is 11.3 Å². The highest BCUT2D eigenvalue weighted by atomic mass is 16.6. The van der Waals surface area contributed by atoms with Gasteiger partial charge >= 0.3 is 5.97 Å². The zero-order valence-corrected chi connectivity index (χ0v) is 11.6. The number of nitrogens with zero attached hydrogens (tertiary/aromatic N) is 5. The lowest BCUT2D eigenvalue weighted by atomic mass is 10.2. The van der Waals surface area contributed by atoms with Gasteiger partial charge in [-0.2, -0.15) is 0 Å². The van der Waals surface area contributed by atoms with Gasteiger partial charge in [-0.1, -0.05) is 6.07 Å². The molecule has 0 unspecified atom stereocenters. The number of non-ortho nitro benzene ring substituents is 1. The molecule has 0 aliphatic heterocycles. The van der Waals surface area contributed by atoms with Crippen LogP contribution in [0.5, 0.6) is 5.75 Å². The lowest BCUT2D eigenvalue weighted by Crippen LogP contribution is -2.09. The minimum Gasteiger partial charge on any atom is -0.423 e. The van der Waals surface area contributed by atoms with Crippen LogP contribution in [0.4, 0.5) is 5.69 Å². The van der Waals surface area contributed by atoms with Gasteiger partial charge in [-0.05, 0) is 40.8 Å². The lowest BCUT2D eigenvalue weighted by Gasteiger charge is -2.05. The number of esters is 1. The van der Waals surface area contributed by atoms with Crippen LogP contribution in [-0.4, -0.2) is 31.1 Å². The monoisotopic (exact) mass is 311 g/mol. The molecular formula is C14H9N5O4. The van der Waals surface area contributed by atoms with Crippen molar-refractivity contribution in [1.29, 1.82) is 0 Å². The summed E-state index contributed by atoms with van der Waals surface area (Å²) in [5, 5.41) is 21.5. The standard InChI is InChI=1S/C14H9N5O4/c20-14(10-2-1-3-12(8-10)19(21)22)23-13-6-4-11(5-7-13)18-9-15-16-17-18/h1-9H. The first-order valence-electron chi connectivity index (χ1n) is 6.43. The number of nitro groups is 1. The molecule has 1 heterocycles. The summed E-state index contributed by atoms with van der Waals surface area (Å²) in [7, 11) is 0. The second-order valence-electron chi connectivity index (χ2n) is 4.45. The Hall–Kier alpha value is -3.62. The van der Waals surface area contributed by atoms with Crippen molar-refractivity contribution < 1.29 is 14.5 Å². The molecule has 2 aromatic carbocycles. The molecule has 3 rings (SSSR count). The van der Waals surface area contributed by atoms with Gasteiger partial charge in [0.05, 0.1) is 16.2 Å². The number of rotatable bonds is 4. The fraction of sp³-hybridized carbons (Fsp3) is 0. The summed E-state index contributed by atoms with van der Waals surface area (Å²) >= 11 is 0. The summed E-state index contributed by atoms with van der Waals surface area (Å²) in [6.07, 6.45) is 1.43. The number of carbonyl (C=O) groups excluding carboxylic acids is 1. The first-order chi connectivity index (χ1) is 11.1. The van der Waals surface area contributed by atoms with Crippen LogP contribution in [0.25, 0.3) is 5.69 Å². The molecule has 0 aliphatic rings. The topological polar surface area (TPSA) is 113 Å². The number of nitro benzene ring substituents is 1. The first-order valence-corrected chi connectivity index (χ1v) is 6.43. The lowest BCUT2D eigenvalue weighted by molar-refractivity contribution is -0.384. The molecule has 1 aromatic heterocycles. The van der Waals surface area contributed by atoms with E-state index in [1.165, 1.54) is 29.2 Å². The van der Waals surface area contributed by atoms with Crippen molar-refractivity contribution >= 4 is 11.7 Å². The van der Waals surface area contributed by atoms with Crippen LogP contribution in [0.2, 0.25) is 0 Å². The van der Waals surface area contributed by atoms with Gasteiger partial charge < -0.3 is 4.74 Å². The SMILES string of the molecule is O=C(Oc1ccc(-n2cnnn2)cc1)c1cccc([N+](=O)[O-])c1. The number of ether oxygens (including phenoxy) is 1. The van der Waals surface area contributed by atoms with Gasteiger partial charge in [-0.25, -0.2) is 9.48 Å². The van der Waals surface area contributed by atoms with Crippen LogP contribution in [0.1, 0.15) is 10.4 Å². The Morgan fingerprint density at radius 1 is 1.17 bits per heavy atom. The van der Waals surface area contributed by atoms with E-state index in [0.717, 1.165) is 6.07 Å². The Morgan fingerprint density at radius 3 is 2.61 bits per heavy atom. The van der Waals surface area contributed by atoms with E-state index in [0.29, 0.717) is 11.4 Å². The van der Waals surface area contributed by atoms with E-state index in [1.807, 2.05) is 0 Å². The predicted molar refractivity (Wildman–Crippen MR) is 77.2 cm³/mol. The van der Waals surface area contributed by atoms with Gasteiger partial charge in [-0.3, -0.25) is 10.1 Å². The zero-order chi connectivity index (χ0) is 16.2. The molecule has 9 nitrogen and oxygen atoms in total.